The highest BCUT2D eigenvalue weighted by molar-refractivity contribution is 4.74. The van der Waals surface area contributed by atoms with E-state index >= 15 is 0 Å². The molecule has 0 aliphatic carbocycles. The van der Waals surface area contributed by atoms with Crippen LogP contribution >= 0.6 is 0 Å². The van der Waals surface area contributed by atoms with Gasteiger partial charge in [-0.15, -0.1) is 0 Å². The number of likely N-dealkylation sites (N-methyl/N-ethyl adjacent to an activating group) is 2. The molecule has 4 nitrogen and oxygen atoms in total. The van der Waals surface area contributed by atoms with Crippen LogP contribution < -0.4 is 5.32 Å². The lowest BCUT2D eigenvalue weighted by molar-refractivity contribution is -0.0286. The first kappa shape index (κ1) is 15.9. The van der Waals surface area contributed by atoms with Crippen molar-refractivity contribution in [2.45, 2.75) is 26.9 Å². The van der Waals surface area contributed by atoms with E-state index in [0.717, 1.165) is 51.8 Å². The Labute approximate surface area is 113 Å². The molecule has 0 spiro atoms. The number of nitrogens with zero attached hydrogens (tertiary/aromatic N) is 2. The van der Waals surface area contributed by atoms with Crippen LogP contribution in [0.1, 0.15) is 20.8 Å². The molecule has 1 heterocycles. The van der Waals surface area contributed by atoms with E-state index < -0.39 is 0 Å². The number of hydrogen-bond donors (Lipinski definition) is 1. The Hall–Kier alpha value is -0.160. The molecular weight excluding hydrogens is 226 g/mol. The summed E-state index contributed by atoms with van der Waals surface area (Å²) in [5.74, 6) is 0.751. The van der Waals surface area contributed by atoms with Crippen LogP contribution in [0.2, 0.25) is 0 Å². The van der Waals surface area contributed by atoms with E-state index in [1.54, 1.807) is 0 Å². The van der Waals surface area contributed by atoms with Crippen LogP contribution in [0.4, 0.5) is 0 Å². The second kappa shape index (κ2) is 8.86. The monoisotopic (exact) mass is 257 g/mol. The summed E-state index contributed by atoms with van der Waals surface area (Å²) in [6, 6.07) is 0. The lowest BCUT2D eigenvalue weighted by Gasteiger charge is -2.34. The third kappa shape index (κ3) is 6.69. The molecule has 1 rings (SSSR count). The van der Waals surface area contributed by atoms with Crippen LogP contribution in [0.25, 0.3) is 0 Å². The summed E-state index contributed by atoms with van der Waals surface area (Å²) in [6.07, 6.45) is 0.370. The summed E-state index contributed by atoms with van der Waals surface area (Å²) in [7, 11) is 2.22. The zero-order valence-electron chi connectivity index (χ0n) is 12.6. The number of ether oxygens (including phenoxy) is 1. The summed E-state index contributed by atoms with van der Waals surface area (Å²) in [5, 5.41) is 3.37. The van der Waals surface area contributed by atoms with E-state index in [0.29, 0.717) is 6.10 Å². The zero-order chi connectivity index (χ0) is 13.4. The van der Waals surface area contributed by atoms with Gasteiger partial charge in [0.25, 0.3) is 0 Å². The molecule has 1 fully saturated rings. The SMILES string of the molecule is CCNC[C@@H]1CN(CCN(C)CC(C)C)CCO1. The molecule has 108 valence electrons. The van der Waals surface area contributed by atoms with E-state index in [1.807, 2.05) is 0 Å². The maximum Gasteiger partial charge on any atom is 0.0826 e. The Morgan fingerprint density at radius 2 is 2.22 bits per heavy atom. The Bertz CT molecular complexity index is 211. The Morgan fingerprint density at radius 1 is 1.44 bits per heavy atom. The molecule has 1 aliphatic rings. The predicted molar refractivity (Wildman–Crippen MR) is 77.1 cm³/mol. The topological polar surface area (TPSA) is 27.7 Å². The van der Waals surface area contributed by atoms with Crippen molar-refractivity contribution in [2.24, 2.45) is 5.92 Å². The Morgan fingerprint density at radius 3 is 2.89 bits per heavy atom. The van der Waals surface area contributed by atoms with Gasteiger partial charge in [0.2, 0.25) is 0 Å². The Balaban J connectivity index is 2.17. The third-order valence-corrected chi connectivity index (χ3v) is 3.32. The van der Waals surface area contributed by atoms with Gasteiger partial charge in [-0.1, -0.05) is 20.8 Å². The lowest BCUT2D eigenvalue weighted by Crippen LogP contribution is -2.48. The van der Waals surface area contributed by atoms with Crippen molar-refractivity contribution >= 4 is 0 Å². The largest absolute Gasteiger partial charge is 0.374 e. The molecule has 0 aromatic carbocycles. The van der Waals surface area contributed by atoms with Crippen LogP contribution in [0, 0.1) is 5.92 Å². The molecule has 1 saturated heterocycles. The van der Waals surface area contributed by atoms with Gasteiger partial charge in [0.1, 0.15) is 0 Å². The molecule has 0 bridgehead atoms. The summed E-state index contributed by atoms with van der Waals surface area (Å²) >= 11 is 0. The molecule has 0 radical (unpaired) electrons. The van der Waals surface area contributed by atoms with Crippen molar-refractivity contribution in [1.82, 2.24) is 15.1 Å². The van der Waals surface area contributed by atoms with E-state index in [2.05, 4.69) is 42.9 Å². The van der Waals surface area contributed by atoms with Crippen LogP contribution in [-0.2, 0) is 4.74 Å². The van der Waals surface area contributed by atoms with Crippen molar-refractivity contribution in [2.75, 3.05) is 59.5 Å². The lowest BCUT2D eigenvalue weighted by atomic mass is 10.2. The molecule has 0 saturated carbocycles. The maximum absolute atomic E-state index is 5.76. The van der Waals surface area contributed by atoms with Gasteiger partial charge >= 0.3 is 0 Å². The van der Waals surface area contributed by atoms with E-state index in [4.69, 9.17) is 4.74 Å². The zero-order valence-corrected chi connectivity index (χ0v) is 12.6. The number of hydrogen-bond acceptors (Lipinski definition) is 4. The molecule has 1 atom stereocenters. The molecular formula is C14H31N3O. The van der Waals surface area contributed by atoms with Crippen LogP contribution in [0.15, 0.2) is 0 Å². The summed E-state index contributed by atoms with van der Waals surface area (Å²) < 4.78 is 5.76. The van der Waals surface area contributed by atoms with Crippen molar-refractivity contribution in [3.8, 4) is 0 Å². The van der Waals surface area contributed by atoms with Crippen molar-refractivity contribution < 1.29 is 4.74 Å². The molecule has 0 amide bonds. The standard InChI is InChI=1S/C14H31N3O/c1-5-15-10-14-12-17(8-9-18-14)7-6-16(4)11-13(2)3/h13-15H,5-12H2,1-4H3/t14-/m1/s1. The second-order valence-corrected chi connectivity index (χ2v) is 5.76. The minimum absolute atomic E-state index is 0.370. The highest BCUT2D eigenvalue weighted by Crippen LogP contribution is 2.05. The maximum atomic E-state index is 5.76. The van der Waals surface area contributed by atoms with E-state index in [9.17, 15) is 0 Å². The number of rotatable bonds is 8. The first-order valence-electron chi connectivity index (χ1n) is 7.35. The van der Waals surface area contributed by atoms with Gasteiger partial charge in [-0.05, 0) is 19.5 Å². The van der Waals surface area contributed by atoms with Gasteiger partial charge in [0, 0.05) is 39.3 Å². The fourth-order valence-corrected chi connectivity index (χ4v) is 2.44. The minimum Gasteiger partial charge on any atom is -0.374 e. The first-order chi connectivity index (χ1) is 8.61. The van der Waals surface area contributed by atoms with Gasteiger partial charge in [0.15, 0.2) is 0 Å². The number of morpholine rings is 1. The fourth-order valence-electron chi connectivity index (χ4n) is 2.44. The second-order valence-electron chi connectivity index (χ2n) is 5.76. The van der Waals surface area contributed by atoms with Gasteiger partial charge in [-0.2, -0.15) is 0 Å². The van der Waals surface area contributed by atoms with Gasteiger partial charge in [-0.3, -0.25) is 4.90 Å². The number of nitrogens with one attached hydrogen (secondary N) is 1. The van der Waals surface area contributed by atoms with Crippen molar-refractivity contribution in [3.63, 3.8) is 0 Å². The third-order valence-electron chi connectivity index (χ3n) is 3.32. The van der Waals surface area contributed by atoms with E-state index in [-0.39, 0.29) is 0 Å². The van der Waals surface area contributed by atoms with Gasteiger partial charge in [-0.25, -0.2) is 0 Å². The van der Waals surface area contributed by atoms with Crippen LogP contribution in [0.5, 0.6) is 0 Å². The minimum atomic E-state index is 0.370. The smallest absolute Gasteiger partial charge is 0.0826 e. The van der Waals surface area contributed by atoms with Gasteiger partial charge in [0.05, 0.1) is 12.7 Å². The molecule has 0 unspecified atom stereocenters. The predicted octanol–water partition coefficient (Wildman–Crippen LogP) is 0.885. The molecule has 1 N–H and O–H groups in total. The van der Waals surface area contributed by atoms with Crippen LogP contribution in [-0.4, -0.2) is 75.4 Å². The summed E-state index contributed by atoms with van der Waals surface area (Å²) in [6.45, 7) is 15.2. The molecule has 0 aromatic rings. The fraction of sp³-hybridized carbons (Fsp3) is 1.00. The molecule has 0 aromatic heterocycles. The molecule has 1 aliphatic heterocycles. The molecule has 18 heavy (non-hydrogen) atoms. The highest BCUT2D eigenvalue weighted by atomic mass is 16.5. The quantitative estimate of drug-likeness (QED) is 0.699. The summed E-state index contributed by atoms with van der Waals surface area (Å²) in [5.41, 5.74) is 0. The normalized spacial score (nSPS) is 22.0. The molecule has 4 heteroatoms. The Kier molecular flexibility index (Phi) is 7.82. The summed E-state index contributed by atoms with van der Waals surface area (Å²) in [4.78, 5) is 4.96. The van der Waals surface area contributed by atoms with E-state index in [1.165, 1.54) is 6.54 Å². The van der Waals surface area contributed by atoms with Gasteiger partial charge < -0.3 is 15.0 Å². The van der Waals surface area contributed by atoms with Crippen molar-refractivity contribution in [1.29, 1.82) is 0 Å². The average molecular weight is 257 g/mol. The highest BCUT2D eigenvalue weighted by Gasteiger charge is 2.19. The average Bonchev–Trinajstić information content (AvgIpc) is 2.33. The van der Waals surface area contributed by atoms with Crippen molar-refractivity contribution in [3.05, 3.63) is 0 Å². The first-order valence-corrected chi connectivity index (χ1v) is 7.35. The van der Waals surface area contributed by atoms with Crippen LogP contribution in [0.3, 0.4) is 0 Å².